The van der Waals surface area contributed by atoms with Crippen LogP contribution in [0, 0.1) is 6.92 Å². The summed E-state index contributed by atoms with van der Waals surface area (Å²) in [6, 6.07) is 11.5. The van der Waals surface area contributed by atoms with Gasteiger partial charge in [-0.3, -0.25) is 4.79 Å². The van der Waals surface area contributed by atoms with Gasteiger partial charge in [0.2, 0.25) is 0 Å². The largest absolute Gasteiger partial charge is 0.494 e. The molecule has 2 aromatic heterocycles. The summed E-state index contributed by atoms with van der Waals surface area (Å²) in [4.78, 5) is 15.1. The summed E-state index contributed by atoms with van der Waals surface area (Å²) in [5.74, 6) is 2.51. The smallest absolute Gasteiger partial charge is 0.252 e. The maximum absolute atomic E-state index is 12.2. The molecule has 0 fully saturated rings. The van der Waals surface area contributed by atoms with Crippen molar-refractivity contribution < 1.29 is 9.15 Å². The van der Waals surface area contributed by atoms with Crippen molar-refractivity contribution in [3.05, 3.63) is 63.8 Å². The highest BCUT2D eigenvalue weighted by molar-refractivity contribution is 5.80. The summed E-state index contributed by atoms with van der Waals surface area (Å²) >= 11 is 0. The molecule has 0 bridgehead atoms. The van der Waals surface area contributed by atoms with Gasteiger partial charge in [0.1, 0.15) is 17.3 Å². The van der Waals surface area contributed by atoms with Crippen molar-refractivity contribution in [2.24, 2.45) is 0 Å². The molecule has 0 aliphatic rings. The highest BCUT2D eigenvalue weighted by Gasteiger charge is 2.05. The average molecular weight is 312 g/mol. The Labute approximate surface area is 134 Å². The van der Waals surface area contributed by atoms with Crippen molar-refractivity contribution in [2.45, 2.75) is 26.9 Å². The Morgan fingerprint density at radius 2 is 2.04 bits per heavy atom. The summed E-state index contributed by atoms with van der Waals surface area (Å²) in [6.07, 6.45) is 0. The first-order chi connectivity index (χ1) is 11.2. The molecule has 0 spiro atoms. The van der Waals surface area contributed by atoms with E-state index >= 15 is 0 Å². The summed E-state index contributed by atoms with van der Waals surface area (Å²) in [7, 11) is 0. The summed E-state index contributed by atoms with van der Waals surface area (Å²) in [5.41, 5.74) is 1.39. The van der Waals surface area contributed by atoms with E-state index in [1.165, 1.54) is 0 Å². The van der Waals surface area contributed by atoms with E-state index < -0.39 is 0 Å². The van der Waals surface area contributed by atoms with Crippen molar-refractivity contribution in [1.29, 1.82) is 0 Å². The lowest BCUT2D eigenvalue weighted by atomic mass is 10.1. The Bertz CT molecular complexity index is 864. The van der Waals surface area contributed by atoms with E-state index in [-0.39, 0.29) is 5.56 Å². The van der Waals surface area contributed by atoms with Crippen LogP contribution in [0.5, 0.6) is 5.75 Å². The van der Waals surface area contributed by atoms with Gasteiger partial charge in [0, 0.05) is 18.2 Å². The molecule has 0 radical (unpaired) electrons. The highest BCUT2D eigenvalue weighted by atomic mass is 16.5. The first-order valence-corrected chi connectivity index (χ1v) is 7.70. The predicted molar refractivity (Wildman–Crippen MR) is 89.7 cm³/mol. The lowest BCUT2D eigenvalue weighted by Gasteiger charge is -2.07. The molecule has 0 aliphatic heterocycles. The van der Waals surface area contributed by atoms with Crippen LogP contribution in [0.1, 0.15) is 24.0 Å². The lowest BCUT2D eigenvalue weighted by molar-refractivity contribution is 0.340. The fourth-order valence-electron chi connectivity index (χ4n) is 2.51. The molecule has 2 heterocycles. The SMILES string of the molecule is CCOc1ccc2cc(CNCc3ccc(C)o3)c(=O)[nH]c2c1. The van der Waals surface area contributed by atoms with Crippen LogP contribution < -0.4 is 15.6 Å². The van der Waals surface area contributed by atoms with Crippen LogP contribution in [0.15, 0.2) is 45.6 Å². The molecule has 0 saturated carbocycles. The minimum atomic E-state index is -0.0886. The number of furan rings is 1. The van der Waals surface area contributed by atoms with Gasteiger partial charge in [-0.15, -0.1) is 0 Å². The van der Waals surface area contributed by atoms with E-state index in [4.69, 9.17) is 9.15 Å². The van der Waals surface area contributed by atoms with Gasteiger partial charge < -0.3 is 19.5 Å². The molecule has 0 amide bonds. The van der Waals surface area contributed by atoms with Gasteiger partial charge in [-0.05, 0) is 49.6 Å². The number of fused-ring (bicyclic) bond motifs is 1. The van der Waals surface area contributed by atoms with Gasteiger partial charge in [-0.2, -0.15) is 0 Å². The number of aromatic amines is 1. The number of aromatic nitrogens is 1. The zero-order chi connectivity index (χ0) is 16.2. The van der Waals surface area contributed by atoms with Crippen molar-refractivity contribution in [1.82, 2.24) is 10.3 Å². The van der Waals surface area contributed by atoms with Crippen LogP contribution in [0.25, 0.3) is 10.9 Å². The van der Waals surface area contributed by atoms with E-state index in [1.807, 2.05) is 50.2 Å². The Morgan fingerprint density at radius 3 is 2.78 bits per heavy atom. The number of benzene rings is 1. The fraction of sp³-hybridized carbons (Fsp3) is 0.278. The molecular formula is C18H20N2O3. The molecule has 0 saturated heterocycles. The number of H-pyrrole nitrogens is 1. The molecule has 0 aliphatic carbocycles. The zero-order valence-corrected chi connectivity index (χ0v) is 13.3. The van der Waals surface area contributed by atoms with Crippen molar-refractivity contribution in [3.63, 3.8) is 0 Å². The van der Waals surface area contributed by atoms with Crippen LogP contribution in [-0.4, -0.2) is 11.6 Å². The minimum Gasteiger partial charge on any atom is -0.494 e. The normalized spacial score (nSPS) is 11.0. The van der Waals surface area contributed by atoms with Crippen LogP contribution in [0.4, 0.5) is 0 Å². The molecule has 0 atom stereocenters. The molecule has 3 rings (SSSR count). The standard InChI is InChI=1S/C18H20N2O3/c1-3-22-15-7-5-13-8-14(18(21)20-17(13)9-15)10-19-11-16-6-4-12(2)23-16/h4-9,19H,3,10-11H2,1-2H3,(H,20,21). The Morgan fingerprint density at radius 1 is 1.17 bits per heavy atom. The van der Waals surface area contributed by atoms with Gasteiger partial charge in [0.15, 0.2) is 0 Å². The molecule has 5 heteroatoms. The number of hydrogen-bond acceptors (Lipinski definition) is 4. The third kappa shape index (κ3) is 3.63. The van der Waals surface area contributed by atoms with Crippen molar-refractivity contribution in [2.75, 3.05) is 6.61 Å². The third-order valence-corrected chi connectivity index (χ3v) is 3.62. The van der Waals surface area contributed by atoms with E-state index in [2.05, 4.69) is 10.3 Å². The average Bonchev–Trinajstić information content (AvgIpc) is 2.94. The van der Waals surface area contributed by atoms with Crippen LogP contribution in [0.2, 0.25) is 0 Å². The molecule has 23 heavy (non-hydrogen) atoms. The van der Waals surface area contributed by atoms with E-state index in [0.29, 0.717) is 25.3 Å². The van der Waals surface area contributed by atoms with E-state index in [0.717, 1.165) is 28.2 Å². The Balaban J connectivity index is 1.74. The summed E-state index contributed by atoms with van der Waals surface area (Å²) < 4.78 is 11.0. The molecule has 3 aromatic rings. The number of pyridine rings is 1. The van der Waals surface area contributed by atoms with Gasteiger partial charge in [0.05, 0.1) is 18.7 Å². The maximum atomic E-state index is 12.2. The van der Waals surface area contributed by atoms with Gasteiger partial charge in [-0.25, -0.2) is 0 Å². The number of nitrogens with one attached hydrogen (secondary N) is 2. The van der Waals surface area contributed by atoms with Crippen LogP contribution in [-0.2, 0) is 13.1 Å². The number of aryl methyl sites for hydroxylation is 1. The number of hydrogen-bond donors (Lipinski definition) is 2. The first kappa shape index (κ1) is 15.4. The Kier molecular flexibility index (Phi) is 4.48. The van der Waals surface area contributed by atoms with Crippen LogP contribution in [0.3, 0.4) is 0 Å². The lowest BCUT2D eigenvalue weighted by Crippen LogP contribution is -2.20. The quantitative estimate of drug-likeness (QED) is 0.734. The second kappa shape index (κ2) is 6.71. The monoisotopic (exact) mass is 312 g/mol. The van der Waals surface area contributed by atoms with Crippen LogP contribution >= 0.6 is 0 Å². The Hall–Kier alpha value is -2.53. The fourth-order valence-corrected chi connectivity index (χ4v) is 2.51. The first-order valence-electron chi connectivity index (χ1n) is 7.70. The summed E-state index contributed by atoms with van der Waals surface area (Å²) in [6.45, 7) is 5.52. The molecule has 2 N–H and O–H groups in total. The predicted octanol–water partition coefficient (Wildman–Crippen LogP) is 3.12. The molecule has 120 valence electrons. The second-order valence-corrected chi connectivity index (χ2v) is 5.42. The van der Waals surface area contributed by atoms with Gasteiger partial charge in [-0.1, -0.05) is 0 Å². The molecule has 5 nitrogen and oxygen atoms in total. The third-order valence-electron chi connectivity index (χ3n) is 3.62. The van der Waals surface area contributed by atoms with Gasteiger partial charge >= 0.3 is 0 Å². The van der Waals surface area contributed by atoms with Crippen molar-refractivity contribution >= 4 is 10.9 Å². The highest BCUT2D eigenvalue weighted by Crippen LogP contribution is 2.19. The number of ether oxygens (including phenoxy) is 1. The molecule has 0 unspecified atom stereocenters. The number of rotatable bonds is 6. The minimum absolute atomic E-state index is 0.0886. The summed E-state index contributed by atoms with van der Waals surface area (Å²) in [5, 5.41) is 4.21. The van der Waals surface area contributed by atoms with Crippen molar-refractivity contribution in [3.8, 4) is 5.75 Å². The molecular weight excluding hydrogens is 292 g/mol. The second-order valence-electron chi connectivity index (χ2n) is 5.42. The topological polar surface area (TPSA) is 67.3 Å². The zero-order valence-electron chi connectivity index (χ0n) is 13.3. The van der Waals surface area contributed by atoms with E-state index in [1.54, 1.807) is 0 Å². The molecule has 1 aromatic carbocycles. The van der Waals surface area contributed by atoms with Gasteiger partial charge in [0.25, 0.3) is 5.56 Å². The maximum Gasteiger partial charge on any atom is 0.252 e. The van der Waals surface area contributed by atoms with E-state index in [9.17, 15) is 4.79 Å².